The zero-order valence-electron chi connectivity index (χ0n) is 11.8. The maximum atomic E-state index is 10.1. The monoisotopic (exact) mass is 326 g/mol. The van der Waals surface area contributed by atoms with Crippen molar-refractivity contribution in [2.24, 2.45) is 0 Å². The third kappa shape index (κ3) is 3.41. The van der Waals surface area contributed by atoms with Crippen molar-refractivity contribution in [3.63, 3.8) is 0 Å². The third-order valence-corrected chi connectivity index (χ3v) is 4.19. The largest absolute Gasteiger partial charge is 0.394 e. The molecule has 0 aliphatic carbocycles. The quantitative estimate of drug-likeness (QED) is 0.250. The Morgan fingerprint density at radius 3 is 2.18 bits per heavy atom. The predicted molar refractivity (Wildman–Crippen MR) is 68.3 cm³/mol. The van der Waals surface area contributed by atoms with Gasteiger partial charge in [-0.25, -0.2) is 0 Å². The van der Waals surface area contributed by atoms with Crippen LogP contribution in [0.3, 0.4) is 0 Å². The van der Waals surface area contributed by atoms with Crippen molar-refractivity contribution in [2.75, 3.05) is 19.8 Å². The second kappa shape index (κ2) is 7.45. The first kappa shape index (κ1) is 17.9. The van der Waals surface area contributed by atoms with E-state index in [1.807, 2.05) is 0 Å². The molecule has 2 heterocycles. The van der Waals surface area contributed by atoms with Gasteiger partial charge in [-0.3, -0.25) is 0 Å². The highest BCUT2D eigenvalue weighted by Gasteiger charge is 2.48. The highest BCUT2D eigenvalue weighted by molar-refractivity contribution is 4.91. The number of hydrogen-bond donors (Lipinski definition) is 8. The number of hydrogen-bond acceptors (Lipinski definition) is 9. The van der Waals surface area contributed by atoms with Gasteiger partial charge in [-0.15, -0.1) is 0 Å². The van der Waals surface area contributed by atoms with Crippen LogP contribution in [-0.2, 0) is 9.47 Å². The molecule has 0 bridgehead atoms. The van der Waals surface area contributed by atoms with E-state index in [1.54, 1.807) is 5.32 Å². The molecule has 130 valence electrons. The molecule has 9 N–H and O–H groups in total. The van der Waals surface area contributed by atoms with Crippen LogP contribution in [-0.4, -0.2) is 111 Å². The van der Waals surface area contributed by atoms with Gasteiger partial charge < -0.3 is 50.5 Å². The molecule has 2 aliphatic heterocycles. The van der Waals surface area contributed by atoms with E-state index in [2.05, 4.69) is 0 Å². The fourth-order valence-corrected chi connectivity index (χ4v) is 2.75. The molecule has 2 saturated heterocycles. The van der Waals surface area contributed by atoms with Gasteiger partial charge in [0, 0.05) is 0 Å². The summed E-state index contributed by atoms with van der Waals surface area (Å²) in [5.41, 5.74) is 0. The second-order valence-corrected chi connectivity index (χ2v) is 5.67. The van der Waals surface area contributed by atoms with Gasteiger partial charge >= 0.3 is 0 Å². The number of ether oxygens (including phenoxy) is 2. The predicted octanol–water partition coefficient (Wildman–Crippen LogP) is -6.17. The van der Waals surface area contributed by atoms with E-state index in [-0.39, 0.29) is 13.2 Å². The van der Waals surface area contributed by atoms with Crippen LogP contribution in [0.4, 0.5) is 0 Å². The summed E-state index contributed by atoms with van der Waals surface area (Å²) in [4.78, 5) is 0. The fourth-order valence-electron chi connectivity index (χ4n) is 2.75. The molecule has 0 spiro atoms. The maximum absolute atomic E-state index is 10.1. The third-order valence-electron chi connectivity index (χ3n) is 4.19. The van der Waals surface area contributed by atoms with Gasteiger partial charge in [-0.05, 0) is 0 Å². The van der Waals surface area contributed by atoms with E-state index in [1.165, 1.54) is 0 Å². The van der Waals surface area contributed by atoms with Crippen LogP contribution in [0.1, 0.15) is 0 Å². The molecule has 9 atom stereocenters. The molecule has 2 rings (SSSR count). The number of nitrogens with two attached hydrogens (primary N) is 1. The Morgan fingerprint density at radius 1 is 0.909 bits per heavy atom. The molecule has 0 aromatic heterocycles. The SMILES string of the molecule is OC[C@H]1[NH2+]C[C@@H](O)[C@@H](O[C@H]2O[C@H](CO)[C@@H](O)[C@H](O)[C@H]2O)[C@@H]1O. The van der Waals surface area contributed by atoms with Crippen LogP contribution >= 0.6 is 0 Å². The molecule has 0 aromatic carbocycles. The van der Waals surface area contributed by atoms with E-state index in [0.717, 1.165) is 0 Å². The Bertz CT molecular complexity index is 357. The van der Waals surface area contributed by atoms with Gasteiger partial charge in [0.2, 0.25) is 0 Å². The van der Waals surface area contributed by atoms with E-state index in [0.29, 0.717) is 0 Å². The molecule has 10 nitrogen and oxygen atoms in total. The van der Waals surface area contributed by atoms with Gasteiger partial charge in [-0.2, -0.15) is 0 Å². The lowest BCUT2D eigenvalue weighted by atomic mass is 9.95. The molecule has 2 fully saturated rings. The van der Waals surface area contributed by atoms with Crippen molar-refractivity contribution < 1.29 is 50.5 Å². The summed E-state index contributed by atoms with van der Waals surface area (Å²) >= 11 is 0. The van der Waals surface area contributed by atoms with Crippen LogP contribution in [0.2, 0.25) is 0 Å². The minimum Gasteiger partial charge on any atom is -0.394 e. The van der Waals surface area contributed by atoms with Gasteiger partial charge in [0.1, 0.15) is 55.3 Å². The first-order valence-corrected chi connectivity index (χ1v) is 7.17. The van der Waals surface area contributed by atoms with Crippen molar-refractivity contribution in [3.8, 4) is 0 Å². The first-order valence-electron chi connectivity index (χ1n) is 7.17. The minimum atomic E-state index is -1.62. The van der Waals surface area contributed by atoms with Gasteiger partial charge in [0.05, 0.1) is 13.2 Å². The Kier molecular flexibility index (Phi) is 6.07. The smallest absolute Gasteiger partial charge is 0.187 e. The Hall–Kier alpha value is -0.400. The maximum Gasteiger partial charge on any atom is 0.187 e. The van der Waals surface area contributed by atoms with E-state index in [4.69, 9.17) is 19.7 Å². The van der Waals surface area contributed by atoms with Crippen molar-refractivity contribution >= 4 is 0 Å². The summed E-state index contributed by atoms with van der Waals surface area (Å²) in [7, 11) is 0. The van der Waals surface area contributed by atoms with Crippen LogP contribution in [0.5, 0.6) is 0 Å². The van der Waals surface area contributed by atoms with E-state index in [9.17, 15) is 25.5 Å². The molecular formula is C12H24NO9+. The van der Waals surface area contributed by atoms with Gasteiger partial charge in [0.25, 0.3) is 0 Å². The molecular weight excluding hydrogens is 302 g/mol. The Balaban J connectivity index is 2.07. The number of aliphatic hydroxyl groups excluding tert-OH is 7. The average Bonchev–Trinajstić information content (AvgIpc) is 2.51. The zero-order chi connectivity index (χ0) is 16.4. The number of quaternary nitrogens is 1. The lowest BCUT2D eigenvalue weighted by Gasteiger charge is -2.43. The van der Waals surface area contributed by atoms with Crippen molar-refractivity contribution in [3.05, 3.63) is 0 Å². The number of piperidine rings is 1. The number of rotatable bonds is 4. The summed E-state index contributed by atoms with van der Waals surface area (Å²) in [5.74, 6) is 0. The lowest BCUT2D eigenvalue weighted by Crippen LogP contribution is -2.99. The van der Waals surface area contributed by atoms with E-state index >= 15 is 0 Å². The van der Waals surface area contributed by atoms with Crippen LogP contribution < -0.4 is 5.32 Å². The molecule has 2 aliphatic rings. The summed E-state index contributed by atoms with van der Waals surface area (Å²) in [5, 5.41) is 69.1. The van der Waals surface area contributed by atoms with E-state index < -0.39 is 61.7 Å². The highest BCUT2D eigenvalue weighted by Crippen LogP contribution is 2.25. The molecule has 10 heteroatoms. The molecule has 0 radical (unpaired) electrons. The minimum absolute atomic E-state index is 0.171. The summed E-state index contributed by atoms with van der Waals surface area (Å²) in [6.45, 7) is -0.763. The van der Waals surface area contributed by atoms with Crippen molar-refractivity contribution in [1.82, 2.24) is 0 Å². The molecule has 0 amide bonds. The van der Waals surface area contributed by atoms with Crippen LogP contribution in [0.25, 0.3) is 0 Å². The standard InChI is InChI=1S/C12H23NO9/c14-2-4-7(17)11(5(16)1-13-4)22-12-10(20)9(19)8(18)6(3-15)21-12/h4-20H,1-3H2/p+1/t4-,5-,6-,7-,8-,9+,10-,11-,12-/m1/s1. The van der Waals surface area contributed by atoms with Gasteiger partial charge in [-0.1, -0.05) is 0 Å². The Morgan fingerprint density at radius 2 is 1.59 bits per heavy atom. The zero-order valence-corrected chi connectivity index (χ0v) is 11.8. The summed E-state index contributed by atoms with van der Waals surface area (Å²) in [6.07, 6.45) is -10.8. The van der Waals surface area contributed by atoms with Crippen LogP contribution in [0, 0.1) is 0 Å². The fraction of sp³-hybridized carbons (Fsp3) is 1.00. The summed E-state index contributed by atoms with van der Waals surface area (Å²) in [6, 6.07) is -0.599. The van der Waals surface area contributed by atoms with Crippen molar-refractivity contribution in [1.29, 1.82) is 0 Å². The van der Waals surface area contributed by atoms with Gasteiger partial charge in [0.15, 0.2) is 6.29 Å². The number of aliphatic hydroxyl groups is 7. The summed E-state index contributed by atoms with van der Waals surface area (Å²) < 4.78 is 10.5. The molecule has 0 unspecified atom stereocenters. The molecule has 0 aromatic rings. The van der Waals surface area contributed by atoms with Crippen molar-refractivity contribution in [2.45, 2.75) is 55.1 Å². The molecule has 22 heavy (non-hydrogen) atoms. The Labute approximate surface area is 126 Å². The lowest BCUT2D eigenvalue weighted by molar-refractivity contribution is -0.717. The average molecular weight is 326 g/mol. The first-order chi connectivity index (χ1) is 10.4. The second-order valence-electron chi connectivity index (χ2n) is 5.67. The highest BCUT2D eigenvalue weighted by atomic mass is 16.7. The van der Waals surface area contributed by atoms with Crippen LogP contribution in [0.15, 0.2) is 0 Å². The normalized spacial score (nSPS) is 50.0. The topological polar surface area (TPSA) is 177 Å². The molecule has 0 saturated carbocycles.